The molecule has 2 nitrogen and oxygen atoms in total. The summed E-state index contributed by atoms with van der Waals surface area (Å²) in [5.41, 5.74) is 5.02. The van der Waals surface area contributed by atoms with Crippen molar-refractivity contribution in [3.8, 4) is 0 Å². The Morgan fingerprint density at radius 2 is 2.17 bits per heavy atom. The number of anilines is 1. The van der Waals surface area contributed by atoms with E-state index in [4.69, 9.17) is 17.3 Å². The number of hydrogen-bond acceptors (Lipinski definition) is 2. The fourth-order valence-electron chi connectivity index (χ4n) is 0.647. The maximum Gasteiger partial charge on any atom is 0.266 e. The van der Waals surface area contributed by atoms with Gasteiger partial charge >= 0.3 is 0 Å². The average Bonchev–Trinajstić information content (AvgIpc) is 1.96. The molecule has 0 aliphatic carbocycles. The van der Waals surface area contributed by atoms with Crippen molar-refractivity contribution in [3.63, 3.8) is 0 Å². The summed E-state index contributed by atoms with van der Waals surface area (Å²) in [5.74, 6) is 0.0351. The highest BCUT2D eigenvalue weighted by molar-refractivity contribution is 9.10. The first-order chi connectivity index (χ1) is 5.52. The number of pyridine rings is 1. The van der Waals surface area contributed by atoms with Crippen molar-refractivity contribution in [1.29, 1.82) is 0 Å². The van der Waals surface area contributed by atoms with Crippen LogP contribution in [0.2, 0.25) is 5.02 Å². The van der Waals surface area contributed by atoms with E-state index in [-0.39, 0.29) is 21.0 Å². The fraction of sp³-hybridized carbons (Fsp3) is 0.167. The molecule has 6 heteroatoms. The Morgan fingerprint density at radius 1 is 1.58 bits per heavy atom. The lowest BCUT2D eigenvalue weighted by molar-refractivity contribution is 0.150. The van der Waals surface area contributed by atoms with Crippen molar-refractivity contribution in [3.05, 3.63) is 21.3 Å². The van der Waals surface area contributed by atoms with Gasteiger partial charge in [-0.2, -0.15) is 0 Å². The van der Waals surface area contributed by atoms with Crippen molar-refractivity contribution < 1.29 is 8.78 Å². The summed E-state index contributed by atoms with van der Waals surface area (Å²) in [6.07, 6.45) is -2.61. The van der Waals surface area contributed by atoms with E-state index in [1.165, 1.54) is 0 Å². The third kappa shape index (κ3) is 1.84. The topological polar surface area (TPSA) is 38.9 Å². The zero-order valence-electron chi connectivity index (χ0n) is 5.69. The van der Waals surface area contributed by atoms with Crippen LogP contribution in [0, 0.1) is 0 Å². The Morgan fingerprint density at radius 3 is 2.67 bits per heavy atom. The molecule has 0 atom stereocenters. The molecule has 66 valence electrons. The molecule has 1 aromatic heterocycles. The maximum atomic E-state index is 12.2. The third-order valence-corrected chi connectivity index (χ3v) is 2.16. The van der Waals surface area contributed by atoms with Crippen LogP contribution < -0.4 is 5.73 Å². The van der Waals surface area contributed by atoms with Gasteiger partial charge in [0.15, 0.2) is 0 Å². The summed E-state index contributed by atoms with van der Waals surface area (Å²) in [7, 11) is 0. The van der Waals surface area contributed by atoms with E-state index < -0.39 is 6.43 Å². The minimum Gasteiger partial charge on any atom is -0.382 e. The Labute approximate surface area is 80.9 Å². The Balaban J connectivity index is 3.23. The predicted octanol–water partition coefficient (Wildman–Crippen LogP) is 3.02. The molecule has 0 saturated heterocycles. The molecule has 1 heterocycles. The molecule has 2 N–H and O–H groups in total. The van der Waals surface area contributed by atoms with Crippen molar-refractivity contribution in [2.45, 2.75) is 6.43 Å². The van der Waals surface area contributed by atoms with Crippen LogP contribution in [0.25, 0.3) is 0 Å². The maximum absolute atomic E-state index is 12.2. The van der Waals surface area contributed by atoms with Crippen LogP contribution in [-0.2, 0) is 0 Å². The number of aromatic nitrogens is 1. The standard InChI is InChI=1S/C6H4BrClF2N2/c7-4-2(5(9)10)1-3(8)6(11)12-4/h1,5H,(H2,11,12). The van der Waals surface area contributed by atoms with Crippen molar-refractivity contribution in [2.75, 3.05) is 5.73 Å². The summed E-state index contributed by atoms with van der Waals surface area (Å²) >= 11 is 8.34. The predicted molar refractivity (Wildman–Crippen MR) is 46.3 cm³/mol. The number of alkyl halides is 2. The molecule has 0 radical (unpaired) electrons. The van der Waals surface area contributed by atoms with E-state index in [2.05, 4.69) is 20.9 Å². The second-order valence-electron chi connectivity index (χ2n) is 2.04. The highest BCUT2D eigenvalue weighted by atomic mass is 79.9. The van der Waals surface area contributed by atoms with E-state index in [0.717, 1.165) is 6.07 Å². The number of nitrogens with two attached hydrogens (primary N) is 1. The first-order valence-electron chi connectivity index (χ1n) is 2.92. The van der Waals surface area contributed by atoms with Crippen LogP contribution in [0.3, 0.4) is 0 Å². The lowest BCUT2D eigenvalue weighted by atomic mass is 10.3. The molecular formula is C6H4BrClF2N2. The second kappa shape index (κ2) is 3.53. The number of rotatable bonds is 1. The van der Waals surface area contributed by atoms with E-state index in [1.54, 1.807) is 0 Å². The van der Waals surface area contributed by atoms with E-state index in [0.29, 0.717) is 0 Å². The van der Waals surface area contributed by atoms with Crippen LogP contribution in [0.1, 0.15) is 12.0 Å². The minimum atomic E-state index is -2.61. The average molecular weight is 257 g/mol. The normalized spacial score (nSPS) is 10.8. The zero-order valence-corrected chi connectivity index (χ0v) is 8.03. The van der Waals surface area contributed by atoms with Crippen LogP contribution >= 0.6 is 27.5 Å². The lowest BCUT2D eigenvalue weighted by Gasteiger charge is -2.04. The Hall–Kier alpha value is -0.420. The van der Waals surface area contributed by atoms with Crippen LogP contribution in [0.5, 0.6) is 0 Å². The van der Waals surface area contributed by atoms with Gasteiger partial charge in [0.1, 0.15) is 10.4 Å². The quantitative estimate of drug-likeness (QED) is 0.786. The molecule has 1 rings (SSSR count). The van der Waals surface area contributed by atoms with Crippen LogP contribution in [0.15, 0.2) is 10.7 Å². The monoisotopic (exact) mass is 256 g/mol. The summed E-state index contributed by atoms with van der Waals surface area (Å²) in [6, 6.07) is 1.10. The SMILES string of the molecule is Nc1nc(Br)c(C(F)F)cc1Cl. The fourth-order valence-corrected chi connectivity index (χ4v) is 1.29. The molecule has 0 bridgehead atoms. The Bertz CT molecular complexity index is 306. The first kappa shape index (κ1) is 9.67. The number of hydrogen-bond donors (Lipinski definition) is 1. The first-order valence-corrected chi connectivity index (χ1v) is 4.09. The summed E-state index contributed by atoms with van der Waals surface area (Å²) in [5, 5.41) is 0.0356. The van der Waals surface area contributed by atoms with Crippen molar-refractivity contribution in [2.24, 2.45) is 0 Å². The van der Waals surface area contributed by atoms with Gasteiger partial charge in [-0.15, -0.1) is 0 Å². The zero-order chi connectivity index (χ0) is 9.30. The van der Waals surface area contributed by atoms with Crippen LogP contribution in [-0.4, -0.2) is 4.98 Å². The van der Waals surface area contributed by atoms with Gasteiger partial charge in [-0.3, -0.25) is 0 Å². The third-order valence-electron chi connectivity index (χ3n) is 1.22. The number of nitrogen functional groups attached to an aromatic ring is 1. The molecule has 0 amide bonds. The molecule has 12 heavy (non-hydrogen) atoms. The van der Waals surface area contributed by atoms with Gasteiger partial charge in [0.25, 0.3) is 6.43 Å². The largest absolute Gasteiger partial charge is 0.382 e. The van der Waals surface area contributed by atoms with Gasteiger partial charge < -0.3 is 5.73 Å². The molecule has 0 spiro atoms. The van der Waals surface area contributed by atoms with E-state index in [1.807, 2.05) is 0 Å². The van der Waals surface area contributed by atoms with Gasteiger partial charge in [-0.05, 0) is 22.0 Å². The lowest BCUT2D eigenvalue weighted by Crippen LogP contribution is -1.96. The molecule has 0 unspecified atom stereocenters. The second-order valence-corrected chi connectivity index (χ2v) is 3.19. The summed E-state index contributed by atoms with van der Waals surface area (Å²) < 4.78 is 24.4. The molecular weight excluding hydrogens is 253 g/mol. The number of halogens is 4. The van der Waals surface area contributed by atoms with Gasteiger partial charge in [0.05, 0.1) is 10.6 Å². The molecule has 0 aromatic carbocycles. The van der Waals surface area contributed by atoms with Gasteiger partial charge in [0, 0.05) is 0 Å². The van der Waals surface area contributed by atoms with Crippen LogP contribution in [0.4, 0.5) is 14.6 Å². The van der Waals surface area contributed by atoms with Crippen molar-refractivity contribution >= 4 is 33.3 Å². The molecule has 0 aliphatic rings. The van der Waals surface area contributed by atoms with E-state index >= 15 is 0 Å². The number of nitrogens with zero attached hydrogens (tertiary/aromatic N) is 1. The Kier molecular flexibility index (Phi) is 2.85. The van der Waals surface area contributed by atoms with E-state index in [9.17, 15) is 8.78 Å². The molecule has 0 fully saturated rings. The molecule has 0 aliphatic heterocycles. The smallest absolute Gasteiger partial charge is 0.266 e. The molecule has 0 saturated carbocycles. The van der Waals surface area contributed by atoms with Gasteiger partial charge in [0.2, 0.25) is 0 Å². The van der Waals surface area contributed by atoms with Gasteiger partial charge in [-0.1, -0.05) is 11.6 Å². The highest BCUT2D eigenvalue weighted by Gasteiger charge is 2.14. The summed E-state index contributed by atoms with van der Waals surface area (Å²) in [6.45, 7) is 0. The van der Waals surface area contributed by atoms with Crippen molar-refractivity contribution in [1.82, 2.24) is 4.98 Å². The van der Waals surface area contributed by atoms with Gasteiger partial charge in [-0.25, -0.2) is 13.8 Å². The summed E-state index contributed by atoms with van der Waals surface area (Å²) in [4.78, 5) is 3.58. The minimum absolute atomic E-state index is 0.0272. The highest BCUT2D eigenvalue weighted by Crippen LogP contribution is 2.30. The molecule has 1 aromatic rings.